The molecule has 2 aliphatic heterocycles. The zero-order valence-corrected chi connectivity index (χ0v) is 18.4. The Morgan fingerprint density at radius 2 is 2.00 bits per heavy atom. The molecule has 30 heavy (non-hydrogen) atoms. The summed E-state index contributed by atoms with van der Waals surface area (Å²) >= 11 is 0. The minimum Gasteiger partial charge on any atom is -0.459 e. The molecule has 0 aromatic carbocycles. The van der Waals surface area contributed by atoms with Gasteiger partial charge in [0.15, 0.2) is 0 Å². The molecular formula is C22H33N3O5. The summed E-state index contributed by atoms with van der Waals surface area (Å²) in [5.74, 6) is -0.870. The maximum Gasteiger partial charge on any atom is 0.340 e. The highest BCUT2D eigenvalue weighted by Gasteiger charge is 2.32. The van der Waals surface area contributed by atoms with Crippen molar-refractivity contribution in [2.75, 3.05) is 26.2 Å². The van der Waals surface area contributed by atoms with Gasteiger partial charge in [-0.3, -0.25) is 9.59 Å². The molecule has 1 aromatic rings. The van der Waals surface area contributed by atoms with Crippen molar-refractivity contribution in [1.29, 1.82) is 0 Å². The number of amides is 2. The van der Waals surface area contributed by atoms with E-state index in [1.807, 2.05) is 0 Å². The Morgan fingerprint density at radius 3 is 2.67 bits per heavy atom. The largest absolute Gasteiger partial charge is 0.459 e. The minimum atomic E-state index is -0.430. The number of ether oxygens (including phenoxy) is 2. The third-order valence-corrected chi connectivity index (χ3v) is 5.81. The fourth-order valence-corrected chi connectivity index (χ4v) is 4.24. The first-order chi connectivity index (χ1) is 14.3. The summed E-state index contributed by atoms with van der Waals surface area (Å²) in [6.45, 7) is 9.35. The molecule has 8 heteroatoms. The highest BCUT2D eigenvalue weighted by Crippen LogP contribution is 2.24. The third-order valence-electron chi connectivity index (χ3n) is 5.81. The molecule has 166 valence electrons. The molecule has 2 atom stereocenters. The van der Waals surface area contributed by atoms with Gasteiger partial charge in [0.05, 0.1) is 23.7 Å². The first-order valence-electron chi connectivity index (χ1n) is 10.9. The van der Waals surface area contributed by atoms with Crippen LogP contribution in [0.4, 0.5) is 0 Å². The van der Waals surface area contributed by atoms with E-state index in [-0.39, 0.29) is 29.9 Å². The van der Waals surface area contributed by atoms with Gasteiger partial charge in [0, 0.05) is 31.9 Å². The van der Waals surface area contributed by atoms with Crippen molar-refractivity contribution in [2.24, 2.45) is 5.92 Å². The number of likely N-dealkylation sites (tertiary alicyclic amines) is 1. The van der Waals surface area contributed by atoms with Crippen LogP contribution in [0.2, 0.25) is 0 Å². The number of hydrogen-bond acceptors (Lipinski definition) is 5. The van der Waals surface area contributed by atoms with Gasteiger partial charge >= 0.3 is 5.97 Å². The molecule has 0 spiro atoms. The number of rotatable bonds is 6. The number of carbonyl (C=O) groups is 3. The smallest absolute Gasteiger partial charge is 0.340 e. The average Bonchev–Trinajstić information content (AvgIpc) is 3.32. The quantitative estimate of drug-likeness (QED) is 0.690. The number of esters is 1. The normalized spacial score (nSPS) is 21.7. The second-order valence-corrected chi connectivity index (χ2v) is 8.55. The van der Waals surface area contributed by atoms with E-state index in [1.165, 1.54) is 0 Å². The number of carbonyl (C=O) groups excluding carboxylic acids is 3. The Labute approximate surface area is 177 Å². The summed E-state index contributed by atoms with van der Waals surface area (Å²) in [6.07, 6.45) is 3.40. The van der Waals surface area contributed by atoms with Crippen LogP contribution < -0.4 is 5.32 Å². The molecule has 0 radical (unpaired) electrons. The van der Waals surface area contributed by atoms with Crippen LogP contribution in [0.15, 0.2) is 0 Å². The highest BCUT2D eigenvalue weighted by atomic mass is 16.5. The lowest BCUT2D eigenvalue weighted by Gasteiger charge is -2.32. The molecule has 0 aliphatic carbocycles. The second-order valence-electron chi connectivity index (χ2n) is 8.55. The van der Waals surface area contributed by atoms with Crippen molar-refractivity contribution in [1.82, 2.24) is 15.2 Å². The fourth-order valence-electron chi connectivity index (χ4n) is 4.24. The topological polar surface area (TPSA) is 101 Å². The van der Waals surface area contributed by atoms with Gasteiger partial charge in [-0.2, -0.15) is 0 Å². The van der Waals surface area contributed by atoms with Crippen LogP contribution in [0.3, 0.4) is 0 Å². The second kappa shape index (κ2) is 9.64. The Morgan fingerprint density at radius 1 is 1.23 bits per heavy atom. The van der Waals surface area contributed by atoms with Crippen LogP contribution in [-0.4, -0.2) is 66.1 Å². The zero-order valence-electron chi connectivity index (χ0n) is 18.4. The summed E-state index contributed by atoms with van der Waals surface area (Å²) in [4.78, 5) is 42.9. The molecule has 8 nitrogen and oxygen atoms in total. The predicted octanol–water partition coefficient (Wildman–Crippen LogP) is 2.34. The maximum atomic E-state index is 13.2. The Hall–Kier alpha value is -2.35. The van der Waals surface area contributed by atoms with E-state index in [4.69, 9.17) is 9.47 Å². The number of nitrogens with one attached hydrogen (secondary N) is 2. The lowest BCUT2D eigenvalue weighted by molar-refractivity contribution is -0.126. The molecule has 0 saturated carbocycles. The number of piperidine rings is 1. The predicted molar refractivity (Wildman–Crippen MR) is 111 cm³/mol. The summed E-state index contributed by atoms with van der Waals surface area (Å²) in [5.41, 5.74) is 2.01. The van der Waals surface area contributed by atoms with E-state index in [9.17, 15) is 14.4 Å². The summed E-state index contributed by atoms with van der Waals surface area (Å²) in [7, 11) is 0. The Kier molecular flexibility index (Phi) is 7.18. The minimum absolute atomic E-state index is 0.0245. The van der Waals surface area contributed by atoms with E-state index >= 15 is 0 Å². The summed E-state index contributed by atoms with van der Waals surface area (Å²) < 4.78 is 10.9. The molecule has 3 rings (SSSR count). The number of H-pyrrole nitrogens is 1. The van der Waals surface area contributed by atoms with E-state index in [0.717, 1.165) is 32.3 Å². The van der Waals surface area contributed by atoms with Crippen LogP contribution in [0.1, 0.15) is 71.6 Å². The number of aromatic amines is 1. The number of aryl methyl sites for hydroxylation is 1. The van der Waals surface area contributed by atoms with Gasteiger partial charge in [0.2, 0.25) is 5.91 Å². The first kappa shape index (κ1) is 22.3. The van der Waals surface area contributed by atoms with Crippen molar-refractivity contribution >= 4 is 17.8 Å². The molecule has 2 N–H and O–H groups in total. The third kappa shape index (κ3) is 5.03. The molecule has 2 saturated heterocycles. The molecule has 2 aliphatic rings. The summed E-state index contributed by atoms with van der Waals surface area (Å²) in [5, 5.41) is 2.98. The van der Waals surface area contributed by atoms with Gasteiger partial charge in [-0.05, 0) is 58.9 Å². The van der Waals surface area contributed by atoms with Crippen molar-refractivity contribution in [3.05, 3.63) is 22.5 Å². The summed E-state index contributed by atoms with van der Waals surface area (Å²) in [6, 6.07) is 0. The SMILES string of the molecule is Cc1[nH]c(C(=O)N2CCC[C@H](C(=O)NC[C@H]3CCCO3)C2)c(C)c1C(=O)OC(C)C. The van der Waals surface area contributed by atoms with E-state index in [2.05, 4.69) is 10.3 Å². The lowest BCUT2D eigenvalue weighted by Crippen LogP contribution is -2.46. The Balaban J connectivity index is 1.64. The van der Waals surface area contributed by atoms with Gasteiger partial charge in [-0.25, -0.2) is 4.79 Å². The highest BCUT2D eigenvalue weighted by molar-refractivity contribution is 6.00. The van der Waals surface area contributed by atoms with Crippen molar-refractivity contribution in [3.63, 3.8) is 0 Å². The van der Waals surface area contributed by atoms with E-state index < -0.39 is 5.97 Å². The van der Waals surface area contributed by atoms with Gasteiger partial charge < -0.3 is 24.7 Å². The van der Waals surface area contributed by atoms with Gasteiger partial charge in [-0.1, -0.05) is 0 Å². The molecule has 1 aromatic heterocycles. The molecule has 3 heterocycles. The number of hydrogen-bond donors (Lipinski definition) is 2. The van der Waals surface area contributed by atoms with Gasteiger partial charge in [0.25, 0.3) is 5.91 Å². The number of aromatic nitrogens is 1. The number of nitrogens with zero attached hydrogens (tertiary/aromatic N) is 1. The van der Waals surface area contributed by atoms with Gasteiger partial charge in [0.1, 0.15) is 5.69 Å². The van der Waals surface area contributed by atoms with E-state index in [0.29, 0.717) is 42.1 Å². The molecule has 0 bridgehead atoms. The van der Waals surface area contributed by atoms with Gasteiger partial charge in [-0.15, -0.1) is 0 Å². The Bertz CT molecular complexity index is 795. The van der Waals surface area contributed by atoms with Crippen molar-refractivity contribution < 1.29 is 23.9 Å². The maximum absolute atomic E-state index is 13.2. The van der Waals surface area contributed by atoms with E-state index in [1.54, 1.807) is 32.6 Å². The average molecular weight is 420 g/mol. The van der Waals surface area contributed by atoms with Crippen LogP contribution in [0, 0.1) is 19.8 Å². The lowest BCUT2D eigenvalue weighted by atomic mass is 9.96. The molecule has 2 fully saturated rings. The van der Waals surface area contributed by atoms with Crippen LogP contribution in [0.5, 0.6) is 0 Å². The van der Waals surface area contributed by atoms with Crippen LogP contribution >= 0.6 is 0 Å². The monoisotopic (exact) mass is 419 g/mol. The van der Waals surface area contributed by atoms with Crippen molar-refractivity contribution in [2.45, 2.75) is 65.6 Å². The molecular weight excluding hydrogens is 386 g/mol. The standard InChI is InChI=1S/C22H33N3O5/c1-13(2)30-22(28)18-14(3)19(24-15(18)4)21(27)25-9-5-7-16(12-25)20(26)23-11-17-8-6-10-29-17/h13,16-17,24H,5-12H2,1-4H3,(H,23,26)/t16-,17+/m0/s1. The fraction of sp³-hybridized carbons (Fsp3) is 0.682. The van der Waals surface area contributed by atoms with Crippen LogP contribution in [0.25, 0.3) is 0 Å². The molecule has 0 unspecified atom stereocenters. The van der Waals surface area contributed by atoms with Crippen LogP contribution in [-0.2, 0) is 14.3 Å². The van der Waals surface area contributed by atoms with Crippen molar-refractivity contribution in [3.8, 4) is 0 Å². The molecule has 2 amide bonds. The first-order valence-corrected chi connectivity index (χ1v) is 10.9. The zero-order chi connectivity index (χ0) is 21.8.